The maximum Gasteiger partial charge on any atom is 0.151 e. The molecule has 3 unspecified atom stereocenters. The highest BCUT2D eigenvalue weighted by Crippen LogP contribution is 2.46. The summed E-state index contributed by atoms with van der Waals surface area (Å²) in [5.41, 5.74) is 6.04. The molecular formula is C27H31ClN2O2. The molecule has 2 aliphatic rings. The first-order valence-corrected chi connectivity index (χ1v) is 12.2. The molecule has 3 aromatic rings. The summed E-state index contributed by atoms with van der Waals surface area (Å²) < 4.78 is 5.89. The molecular weight excluding hydrogens is 420 g/mol. The van der Waals surface area contributed by atoms with Crippen LogP contribution in [-0.4, -0.2) is 41.9 Å². The first-order valence-electron chi connectivity index (χ1n) is 11.6. The van der Waals surface area contributed by atoms with E-state index in [9.17, 15) is 4.79 Å². The van der Waals surface area contributed by atoms with Crippen LogP contribution in [0.25, 0.3) is 10.9 Å². The molecule has 0 saturated carbocycles. The van der Waals surface area contributed by atoms with Gasteiger partial charge in [-0.2, -0.15) is 0 Å². The standard InChI is InChI=1S/C27H31ClN2O2/c1-16-12-22-21-6-4-5-7-23(21)29-27(22)26(25(16)24(31)13-28)19-8-10-20(11-9-19)30-14-17(2)32-18(3)15-30/h4-11,16-18,25-26,29H,12-15H2,1-3H3/t16-,17?,18?,25?,26+/m0/s1. The number of nitrogens with one attached hydrogen (secondary N) is 1. The molecule has 5 heteroatoms. The fourth-order valence-electron chi connectivity index (χ4n) is 5.91. The Labute approximate surface area is 194 Å². The van der Waals surface area contributed by atoms with Crippen molar-refractivity contribution >= 4 is 34.0 Å². The van der Waals surface area contributed by atoms with Crippen LogP contribution < -0.4 is 4.90 Å². The van der Waals surface area contributed by atoms with Crippen LogP contribution in [0.1, 0.15) is 43.5 Å². The van der Waals surface area contributed by atoms with Gasteiger partial charge in [-0.25, -0.2) is 0 Å². The van der Waals surface area contributed by atoms with Crippen LogP contribution >= 0.6 is 11.6 Å². The Bertz CT molecular complexity index is 1110. The van der Waals surface area contributed by atoms with Gasteiger partial charge in [-0.1, -0.05) is 37.3 Å². The molecule has 2 heterocycles. The van der Waals surface area contributed by atoms with Gasteiger partial charge in [0.1, 0.15) is 0 Å². The molecule has 1 aliphatic heterocycles. The van der Waals surface area contributed by atoms with Crippen LogP contribution in [0.3, 0.4) is 0 Å². The first-order chi connectivity index (χ1) is 15.5. The third-order valence-corrected chi connectivity index (χ3v) is 7.46. The smallest absolute Gasteiger partial charge is 0.151 e. The highest BCUT2D eigenvalue weighted by molar-refractivity contribution is 6.28. The quantitative estimate of drug-likeness (QED) is 0.531. The number of carbonyl (C=O) groups excluding carboxylic acids is 1. The van der Waals surface area contributed by atoms with Gasteiger partial charge >= 0.3 is 0 Å². The minimum atomic E-state index is -0.123. The van der Waals surface area contributed by atoms with Gasteiger partial charge in [0.2, 0.25) is 0 Å². The molecule has 2 aromatic carbocycles. The summed E-state index contributed by atoms with van der Waals surface area (Å²) in [5.74, 6) is 0.293. The minimum absolute atomic E-state index is 0.0102. The molecule has 0 spiro atoms. The molecule has 4 nitrogen and oxygen atoms in total. The zero-order valence-corrected chi connectivity index (χ0v) is 19.7. The van der Waals surface area contributed by atoms with Crippen molar-refractivity contribution in [3.05, 3.63) is 65.4 Å². The highest BCUT2D eigenvalue weighted by Gasteiger charge is 2.41. The normalized spacial score (nSPS) is 28.0. The molecule has 1 fully saturated rings. The van der Waals surface area contributed by atoms with E-state index in [1.165, 1.54) is 27.9 Å². The number of halogens is 1. The fourth-order valence-corrected chi connectivity index (χ4v) is 6.09. The number of fused-ring (bicyclic) bond motifs is 3. The Morgan fingerprint density at radius 1 is 1.06 bits per heavy atom. The van der Waals surface area contributed by atoms with Crippen LogP contribution in [0.15, 0.2) is 48.5 Å². The molecule has 5 rings (SSSR count). The zero-order valence-electron chi connectivity index (χ0n) is 19.0. The Morgan fingerprint density at radius 3 is 2.44 bits per heavy atom. The van der Waals surface area contributed by atoms with Gasteiger partial charge in [0, 0.05) is 47.2 Å². The summed E-state index contributed by atoms with van der Waals surface area (Å²) >= 11 is 6.09. The van der Waals surface area contributed by atoms with Gasteiger partial charge in [-0.05, 0) is 55.5 Å². The summed E-state index contributed by atoms with van der Waals surface area (Å²) in [6.07, 6.45) is 1.33. The Morgan fingerprint density at radius 2 is 1.75 bits per heavy atom. The van der Waals surface area contributed by atoms with Gasteiger partial charge < -0.3 is 14.6 Å². The van der Waals surface area contributed by atoms with E-state index in [2.05, 4.69) is 79.2 Å². The maximum atomic E-state index is 13.0. The lowest BCUT2D eigenvalue weighted by molar-refractivity contribution is -0.122. The summed E-state index contributed by atoms with van der Waals surface area (Å²) in [4.78, 5) is 19.1. The molecule has 168 valence electrons. The largest absolute Gasteiger partial charge is 0.372 e. The monoisotopic (exact) mass is 450 g/mol. The Hall–Kier alpha value is -2.30. The summed E-state index contributed by atoms with van der Waals surface area (Å²) in [6.45, 7) is 8.23. The number of nitrogens with zero attached hydrogens (tertiary/aromatic N) is 1. The number of anilines is 1. The fraction of sp³-hybridized carbons (Fsp3) is 0.444. The predicted octanol–water partition coefficient (Wildman–Crippen LogP) is 5.53. The van der Waals surface area contributed by atoms with Crippen LogP contribution in [0, 0.1) is 11.8 Å². The van der Waals surface area contributed by atoms with Crippen LogP contribution in [-0.2, 0) is 16.0 Å². The first kappa shape index (κ1) is 21.5. The number of morpholine rings is 1. The molecule has 1 saturated heterocycles. The molecule has 0 amide bonds. The van der Waals surface area contributed by atoms with Crippen molar-refractivity contribution in [3.8, 4) is 0 Å². The number of aromatic amines is 1. The van der Waals surface area contributed by atoms with E-state index in [0.717, 1.165) is 25.0 Å². The molecule has 1 aromatic heterocycles. The lowest BCUT2D eigenvalue weighted by Gasteiger charge is -2.38. The van der Waals surface area contributed by atoms with Gasteiger partial charge in [0.25, 0.3) is 0 Å². The van der Waals surface area contributed by atoms with E-state index in [1.54, 1.807) is 0 Å². The summed E-state index contributed by atoms with van der Waals surface area (Å²) in [7, 11) is 0. The number of Topliss-reactive ketones (excluding diaryl/α,β-unsaturated/α-hetero) is 1. The van der Waals surface area contributed by atoms with E-state index >= 15 is 0 Å². The van der Waals surface area contributed by atoms with Crippen molar-refractivity contribution in [2.75, 3.05) is 23.9 Å². The van der Waals surface area contributed by atoms with Gasteiger partial charge in [0.15, 0.2) is 5.78 Å². The van der Waals surface area contributed by atoms with E-state index in [4.69, 9.17) is 16.3 Å². The number of carbonyl (C=O) groups is 1. The number of alkyl halides is 1. The molecule has 0 radical (unpaired) electrons. The van der Waals surface area contributed by atoms with E-state index in [0.29, 0.717) is 0 Å². The number of rotatable bonds is 4. The van der Waals surface area contributed by atoms with Crippen LogP contribution in [0.4, 0.5) is 5.69 Å². The van der Waals surface area contributed by atoms with Crippen molar-refractivity contribution < 1.29 is 9.53 Å². The third kappa shape index (κ3) is 3.74. The van der Waals surface area contributed by atoms with Crippen molar-refractivity contribution in [2.24, 2.45) is 11.8 Å². The van der Waals surface area contributed by atoms with Gasteiger partial charge in [-0.15, -0.1) is 11.6 Å². The van der Waals surface area contributed by atoms with Crippen molar-refractivity contribution in [2.45, 2.75) is 45.3 Å². The Balaban J connectivity index is 1.56. The molecule has 0 bridgehead atoms. The van der Waals surface area contributed by atoms with Crippen LogP contribution in [0.2, 0.25) is 0 Å². The number of ether oxygens (including phenoxy) is 1. The van der Waals surface area contributed by atoms with E-state index < -0.39 is 0 Å². The minimum Gasteiger partial charge on any atom is -0.372 e. The van der Waals surface area contributed by atoms with Crippen molar-refractivity contribution in [3.63, 3.8) is 0 Å². The third-order valence-electron chi connectivity index (χ3n) is 7.20. The predicted molar refractivity (Wildman–Crippen MR) is 131 cm³/mol. The second-order valence-corrected chi connectivity index (χ2v) is 9.87. The van der Waals surface area contributed by atoms with Gasteiger partial charge in [-0.3, -0.25) is 4.79 Å². The van der Waals surface area contributed by atoms with E-state index in [-0.39, 0.29) is 41.6 Å². The second-order valence-electron chi connectivity index (χ2n) is 9.60. The number of benzene rings is 2. The number of para-hydroxylation sites is 1. The second kappa shape index (κ2) is 8.57. The molecule has 5 atom stereocenters. The van der Waals surface area contributed by atoms with E-state index in [1.807, 2.05) is 0 Å². The number of H-pyrrole nitrogens is 1. The summed E-state index contributed by atoms with van der Waals surface area (Å²) in [6, 6.07) is 17.3. The van der Waals surface area contributed by atoms with Crippen molar-refractivity contribution in [1.29, 1.82) is 0 Å². The van der Waals surface area contributed by atoms with Crippen LogP contribution in [0.5, 0.6) is 0 Å². The number of aromatic nitrogens is 1. The lowest BCUT2D eigenvalue weighted by atomic mass is 9.67. The van der Waals surface area contributed by atoms with Gasteiger partial charge in [0.05, 0.1) is 18.1 Å². The number of hydrogen-bond acceptors (Lipinski definition) is 3. The van der Waals surface area contributed by atoms with Crippen molar-refractivity contribution in [1.82, 2.24) is 4.98 Å². The Kier molecular flexibility index (Phi) is 5.77. The topological polar surface area (TPSA) is 45.3 Å². The average Bonchev–Trinajstić information content (AvgIpc) is 3.15. The lowest BCUT2D eigenvalue weighted by Crippen LogP contribution is -2.45. The number of hydrogen-bond donors (Lipinski definition) is 1. The number of ketones is 1. The maximum absolute atomic E-state index is 13.0. The molecule has 1 aliphatic carbocycles. The summed E-state index contributed by atoms with van der Waals surface area (Å²) in [5, 5.41) is 1.27. The molecule has 1 N–H and O–H groups in total. The SMILES string of the molecule is CC1CN(c2ccc([C@H]3c4[nH]c5ccccc5c4C[C@H](C)C3C(=O)CCl)cc2)CC(C)O1. The highest BCUT2D eigenvalue weighted by atomic mass is 35.5. The average molecular weight is 451 g/mol. The molecule has 32 heavy (non-hydrogen) atoms. The zero-order chi connectivity index (χ0) is 22.4.